The molecule has 0 saturated carbocycles. The maximum absolute atomic E-state index is 11.9. The molecule has 0 aromatic carbocycles. The molecule has 2 heterocycles. The first-order valence-electron chi connectivity index (χ1n) is 5.35. The Morgan fingerprint density at radius 1 is 1.27 bits per heavy atom. The van der Waals surface area contributed by atoms with E-state index in [2.05, 4.69) is 0 Å². The highest BCUT2D eigenvalue weighted by Gasteiger charge is 2.38. The number of hydrogen-bond donors (Lipinski definition) is 1. The van der Waals surface area contributed by atoms with Gasteiger partial charge in [-0.3, -0.25) is 4.79 Å². The van der Waals surface area contributed by atoms with Crippen LogP contribution >= 0.6 is 0 Å². The molecule has 2 fully saturated rings. The van der Waals surface area contributed by atoms with Crippen molar-refractivity contribution in [3.63, 3.8) is 0 Å². The molecule has 2 saturated heterocycles. The average Bonchev–Trinajstić information content (AvgIpc) is 2.88. The standard InChI is InChI=1S/C10H15NO4/c12-9(8-4-2-6-15-8)11-5-1-3-7(11)10(13)14/h7-8H,1-6H2,(H,13,14)/t7-,8-/m1/s1. The van der Waals surface area contributed by atoms with Crippen LogP contribution < -0.4 is 0 Å². The van der Waals surface area contributed by atoms with E-state index < -0.39 is 18.1 Å². The van der Waals surface area contributed by atoms with Crippen LogP contribution in [0.2, 0.25) is 0 Å². The van der Waals surface area contributed by atoms with Crippen LogP contribution in [0, 0.1) is 0 Å². The van der Waals surface area contributed by atoms with Gasteiger partial charge in [0.1, 0.15) is 12.1 Å². The van der Waals surface area contributed by atoms with Crippen LogP contribution in [0.1, 0.15) is 25.7 Å². The third kappa shape index (κ3) is 1.97. The topological polar surface area (TPSA) is 66.8 Å². The van der Waals surface area contributed by atoms with Crippen molar-refractivity contribution in [2.45, 2.75) is 37.8 Å². The van der Waals surface area contributed by atoms with Gasteiger partial charge in [-0.1, -0.05) is 0 Å². The Labute approximate surface area is 88.0 Å². The summed E-state index contributed by atoms with van der Waals surface area (Å²) in [6, 6.07) is -0.637. The van der Waals surface area contributed by atoms with Crippen molar-refractivity contribution in [3.8, 4) is 0 Å². The monoisotopic (exact) mass is 213 g/mol. The van der Waals surface area contributed by atoms with E-state index >= 15 is 0 Å². The molecule has 0 unspecified atom stereocenters. The number of carboxylic acids is 1. The van der Waals surface area contributed by atoms with Gasteiger partial charge in [-0.2, -0.15) is 0 Å². The Morgan fingerprint density at radius 3 is 2.67 bits per heavy atom. The average molecular weight is 213 g/mol. The quantitative estimate of drug-likeness (QED) is 0.713. The predicted molar refractivity (Wildman–Crippen MR) is 51.3 cm³/mol. The molecule has 0 bridgehead atoms. The molecule has 0 aliphatic carbocycles. The highest BCUT2D eigenvalue weighted by Crippen LogP contribution is 2.22. The molecule has 0 spiro atoms. The van der Waals surface area contributed by atoms with Gasteiger partial charge in [0.05, 0.1) is 0 Å². The van der Waals surface area contributed by atoms with Gasteiger partial charge in [0, 0.05) is 13.2 Å². The molecule has 15 heavy (non-hydrogen) atoms. The lowest BCUT2D eigenvalue weighted by atomic mass is 10.2. The van der Waals surface area contributed by atoms with E-state index in [1.165, 1.54) is 4.90 Å². The van der Waals surface area contributed by atoms with Crippen molar-refractivity contribution in [3.05, 3.63) is 0 Å². The number of likely N-dealkylation sites (tertiary alicyclic amines) is 1. The zero-order valence-electron chi connectivity index (χ0n) is 8.52. The molecule has 0 aromatic heterocycles. The zero-order chi connectivity index (χ0) is 10.8. The zero-order valence-corrected chi connectivity index (χ0v) is 8.52. The minimum atomic E-state index is -0.904. The summed E-state index contributed by atoms with van der Waals surface area (Å²) < 4.78 is 5.27. The molecular formula is C10H15NO4. The van der Waals surface area contributed by atoms with Crippen molar-refractivity contribution in [2.75, 3.05) is 13.2 Å². The first-order valence-corrected chi connectivity index (χ1v) is 5.35. The molecule has 2 aliphatic heterocycles. The van der Waals surface area contributed by atoms with Crippen LogP contribution in [0.5, 0.6) is 0 Å². The first-order chi connectivity index (χ1) is 7.20. The number of amides is 1. The molecule has 0 radical (unpaired) electrons. The van der Waals surface area contributed by atoms with Crippen molar-refractivity contribution >= 4 is 11.9 Å². The fraction of sp³-hybridized carbons (Fsp3) is 0.800. The van der Waals surface area contributed by atoms with Gasteiger partial charge in [0.15, 0.2) is 0 Å². The normalized spacial score (nSPS) is 30.8. The number of carbonyl (C=O) groups excluding carboxylic acids is 1. The van der Waals surface area contributed by atoms with Gasteiger partial charge < -0.3 is 14.7 Å². The molecule has 0 aromatic rings. The minimum absolute atomic E-state index is 0.141. The Balaban J connectivity index is 2.02. The molecule has 2 aliphatic rings. The summed E-state index contributed by atoms with van der Waals surface area (Å²) in [4.78, 5) is 24.3. The van der Waals surface area contributed by atoms with Crippen LogP contribution in [-0.2, 0) is 14.3 Å². The van der Waals surface area contributed by atoms with Crippen LogP contribution in [0.25, 0.3) is 0 Å². The number of rotatable bonds is 2. The summed E-state index contributed by atoms with van der Waals surface area (Å²) in [5, 5.41) is 8.94. The van der Waals surface area contributed by atoms with E-state index in [0.717, 1.165) is 19.3 Å². The molecule has 1 N–H and O–H groups in total. The second-order valence-corrected chi connectivity index (χ2v) is 4.03. The molecule has 2 rings (SSSR count). The van der Waals surface area contributed by atoms with E-state index in [9.17, 15) is 9.59 Å². The van der Waals surface area contributed by atoms with E-state index in [0.29, 0.717) is 19.6 Å². The molecule has 1 amide bonds. The summed E-state index contributed by atoms with van der Waals surface area (Å²) in [5.41, 5.74) is 0. The van der Waals surface area contributed by atoms with E-state index in [1.807, 2.05) is 0 Å². The summed E-state index contributed by atoms with van der Waals surface area (Å²) >= 11 is 0. The Morgan fingerprint density at radius 2 is 2.07 bits per heavy atom. The van der Waals surface area contributed by atoms with Crippen molar-refractivity contribution < 1.29 is 19.4 Å². The van der Waals surface area contributed by atoms with E-state index in [4.69, 9.17) is 9.84 Å². The van der Waals surface area contributed by atoms with E-state index in [1.54, 1.807) is 0 Å². The molecule has 2 atom stereocenters. The minimum Gasteiger partial charge on any atom is -0.480 e. The SMILES string of the molecule is O=C(O)[C@H]1CCCN1C(=O)[C@H]1CCCO1. The maximum atomic E-state index is 11.9. The third-order valence-corrected chi connectivity index (χ3v) is 3.03. The summed E-state index contributed by atoms with van der Waals surface area (Å²) in [6.07, 6.45) is 2.55. The summed E-state index contributed by atoms with van der Waals surface area (Å²) in [5.74, 6) is -1.05. The lowest BCUT2D eigenvalue weighted by Gasteiger charge is -2.24. The predicted octanol–water partition coefficient (Wildman–Crippen LogP) is 0.241. The van der Waals surface area contributed by atoms with Gasteiger partial charge in [-0.05, 0) is 25.7 Å². The first kappa shape index (κ1) is 10.4. The van der Waals surface area contributed by atoms with Gasteiger partial charge in [0.2, 0.25) is 0 Å². The number of carbonyl (C=O) groups is 2. The number of carboxylic acid groups (broad SMARTS) is 1. The van der Waals surface area contributed by atoms with Gasteiger partial charge in [-0.15, -0.1) is 0 Å². The van der Waals surface area contributed by atoms with Crippen molar-refractivity contribution in [2.24, 2.45) is 0 Å². The number of ether oxygens (including phenoxy) is 1. The van der Waals surface area contributed by atoms with Crippen molar-refractivity contribution in [1.82, 2.24) is 4.90 Å². The highest BCUT2D eigenvalue weighted by molar-refractivity contribution is 5.87. The Hall–Kier alpha value is -1.10. The van der Waals surface area contributed by atoms with Gasteiger partial charge in [0.25, 0.3) is 5.91 Å². The van der Waals surface area contributed by atoms with Crippen LogP contribution in [0.3, 0.4) is 0 Å². The lowest BCUT2D eigenvalue weighted by Crippen LogP contribution is -2.45. The van der Waals surface area contributed by atoms with Crippen LogP contribution in [-0.4, -0.2) is 47.2 Å². The smallest absolute Gasteiger partial charge is 0.326 e. The Bertz CT molecular complexity index is 273. The highest BCUT2D eigenvalue weighted by atomic mass is 16.5. The van der Waals surface area contributed by atoms with Gasteiger partial charge in [-0.25, -0.2) is 4.79 Å². The van der Waals surface area contributed by atoms with E-state index in [-0.39, 0.29) is 5.91 Å². The molecule has 5 nitrogen and oxygen atoms in total. The molecular weight excluding hydrogens is 198 g/mol. The second-order valence-electron chi connectivity index (χ2n) is 4.03. The van der Waals surface area contributed by atoms with Crippen LogP contribution in [0.15, 0.2) is 0 Å². The van der Waals surface area contributed by atoms with Crippen LogP contribution in [0.4, 0.5) is 0 Å². The fourth-order valence-corrected chi connectivity index (χ4v) is 2.24. The maximum Gasteiger partial charge on any atom is 0.326 e. The Kier molecular flexibility index (Phi) is 2.90. The number of hydrogen-bond acceptors (Lipinski definition) is 3. The van der Waals surface area contributed by atoms with Crippen molar-refractivity contribution in [1.29, 1.82) is 0 Å². The largest absolute Gasteiger partial charge is 0.480 e. The molecule has 84 valence electrons. The third-order valence-electron chi connectivity index (χ3n) is 3.03. The summed E-state index contributed by atoms with van der Waals surface area (Å²) in [6.45, 7) is 1.16. The van der Waals surface area contributed by atoms with Gasteiger partial charge >= 0.3 is 5.97 Å². The lowest BCUT2D eigenvalue weighted by molar-refractivity contribution is -0.152. The summed E-state index contributed by atoms with van der Waals surface area (Å²) in [7, 11) is 0. The number of nitrogens with zero attached hydrogens (tertiary/aromatic N) is 1. The molecule has 5 heteroatoms. The fourth-order valence-electron chi connectivity index (χ4n) is 2.24. The second kappa shape index (κ2) is 4.18. The number of aliphatic carboxylic acids is 1.